The fourth-order valence-electron chi connectivity index (χ4n) is 4.76. The van der Waals surface area contributed by atoms with Crippen molar-refractivity contribution >= 4 is 6.09 Å². The molecule has 0 saturated heterocycles. The highest BCUT2D eigenvalue weighted by atomic mass is 16.6. The van der Waals surface area contributed by atoms with Crippen LogP contribution in [0.1, 0.15) is 46.1 Å². The van der Waals surface area contributed by atoms with E-state index in [2.05, 4.69) is 18.2 Å². The van der Waals surface area contributed by atoms with Crippen LogP contribution in [0.2, 0.25) is 0 Å². The van der Waals surface area contributed by atoms with Crippen LogP contribution >= 0.6 is 0 Å². The lowest BCUT2D eigenvalue weighted by molar-refractivity contribution is 0.0224. The van der Waals surface area contributed by atoms with Crippen molar-refractivity contribution in [3.8, 4) is 29.7 Å². The molecule has 1 aliphatic heterocycles. The molecule has 1 aromatic carbocycles. The molecule has 2 unspecified atom stereocenters. The second kappa shape index (κ2) is 9.84. The summed E-state index contributed by atoms with van der Waals surface area (Å²) in [6.07, 6.45) is 1.14. The molecule has 0 radical (unpaired) electrons. The Bertz CT molecular complexity index is 1220. The van der Waals surface area contributed by atoms with E-state index in [0.717, 1.165) is 0 Å². The first kappa shape index (κ1) is 26.4. The molecule has 2 aliphatic rings. The second-order valence-electron chi connectivity index (χ2n) is 10.1. The third-order valence-electron chi connectivity index (χ3n) is 6.23. The van der Waals surface area contributed by atoms with Crippen LogP contribution < -0.4 is 15.2 Å². The van der Waals surface area contributed by atoms with Gasteiger partial charge >= 0.3 is 6.09 Å². The molecular formula is C27H31N5O4. The molecule has 1 aromatic rings. The van der Waals surface area contributed by atoms with Crippen LogP contribution in [0.5, 0.6) is 11.5 Å². The molecule has 0 aromatic heterocycles. The molecule has 3 rings (SSSR count). The molecule has 9 nitrogen and oxygen atoms in total. The van der Waals surface area contributed by atoms with Crippen LogP contribution in [-0.2, 0) is 4.74 Å². The van der Waals surface area contributed by atoms with Gasteiger partial charge in [-0.1, -0.05) is 12.1 Å². The van der Waals surface area contributed by atoms with Gasteiger partial charge in [0.25, 0.3) is 0 Å². The number of hydrogen-bond donors (Lipinski definition) is 1. The largest absolute Gasteiger partial charge is 0.493 e. The van der Waals surface area contributed by atoms with E-state index in [1.54, 1.807) is 45.0 Å². The zero-order valence-corrected chi connectivity index (χ0v) is 21.5. The molecule has 1 amide bonds. The fourth-order valence-corrected chi connectivity index (χ4v) is 4.76. The number of fused-ring (bicyclic) bond motifs is 1. The lowest BCUT2D eigenvalue weighted by Gasteiger charge is -2.45. The number of methoxy groups -OCH3 is 1. The highest BCUT2D eigenvalue weighted by molar-refractivity contribution is 5.70. The fraction of sp³-hybridized carbons (Fsp3) is 0.481. The van der Waals surface area contributed by atoms with Crippen LogP contribution in [0, 0.1) is 45.3 Å². The average molecular weight is 490 g/mol. The van der Waals surface area contributed by atoms with Gasteiger partial charge in [-0.3, -0.25) is 0 Å². The summed E-state index contributed by atoms with van der Waals surface area (Å²) in [5.74, 6) is -0.398. The van der Waals surface area contributed by atoms with Gasteiger partial charge < -0.3 is 24.8 Å². The monoisotopic (exact) mass is 489 g/mol. The van der Waals surface area contributed by atoms with Gasteiger partial charge in [0.1, 0.15) is 11.7 Å². The zero-order chi connectivity index (χ0) is 26.8. The van der Waals surface area contributed by atoms with Gasteiger partial charge in [0, 0.05) is 24.9 Å². The third-order valence-corrected chi connectivity index (χ3v) is 6.23. The number of amides is 1. The Kier molecular flexibility index (Phi) is 7.22. The first-order valence-corrected chi connectivity index (χ1v) is 11.7. The van der Waals surface area contributed by atoms with E-state index >= 15 is 0 Å². The molecule has 188 valence electrons. The van der Waals surface area contributed by atoms with E-state index < -0.39 is 28.9 Å². The lowest BCUT2D eigenvalue weighted by atomic mass is 9.58. The summed E-state index contributed by atoms with van der Waals surface area (Å²) in [6, 6.07) is 11.5. The summed E-state index contributed by atoms with van der Waals surface area (Å²) in [5.41, 5.74) is 5.08. The predicted octanol–water partition coefficient (Wildman–Crippen LogP) is 4.14. The summed E-state index contributed by atoms with van der Waals surface area (Å²) in [6.45, 7) is 9.47. The van der Waals surface area contributed by atoms with Crippen LogP contribution in [0.3, 0.4) is 0 Å². The van der Waals surface area contributed by atoms with Gasteiger partial charge in [0.05, 0.1) is 36.6 Å². The molecule has 2 N–H and O–H groups in total. The minimum Gasteiger partial charge on any atom is -0.493 e. The van der Waals surface area contributed by atoms with Gasteiger partial charge in [-0.2, -0.15) is 15.8 Å². The summed E-state index contributed by atoms with van der Waals surface area (Å²) >= 11 is 0. The Hall–Kier alpha value is -4.16. The number of nitrogens with zero attached hydrogens (tertiary/aromatic N) is 4. The first-order chi connectivity index (χ1) is 16.9. The van der Waals surface area contributed by atoms with Crippen molar-refractivity contribution in [3.05, 3.63) is 46.7 Å². The van der Waals surface area contributed by atoms with E-state index in [1.807, 2.05) is 13.8 Å². The highest BCUT2D eigenvalue weighted by Crippen LogP contribution is 2.55. The maximum absolute atomic E-state index is 12.9. The summed E-state index contributed by atoms with van der Waals surface area (Å²) in [5, 5.41) is 30.5. The molecule has 1 heterocycles. The van der Waals surface area contributed by atoms with Gasteiger partial charge in [-0.15, -0.1) is 0 Å². The Morgan fingerprint density at radius 2 is 1.86 bits per heavy atom. The Balaban J connectivity index is 2.21. The third kappa shape index (κ3) is 4.68. The van der Waals surface area contributed by atoms with Crippen LogP contribution in [0.25, 0.3) is 0 Å². The van der Waals surface area contributed by atoms with Crippen molar-refractivity contribution < 1.29 is 19.0 Å². The molecule has 0 spiro atoms. The SMILES string of the molecule is COc1cc(C2C3CN(C(=O)OC(C)(C)C)CC=C3C(C#N)=C(N)C2(C#N)C#N)ccc1OC(C)C. The van der Waals surface area contributed by atoms with Gasteiger partial charge in [-0.05, 0) is 57.9 Å². The van der Waals surface area contributed by atoms with Crippen molar-refractivity contribution in [1.82, 2.24) is 4.90 Å². The number of nitriles is 3. The highest BCUT2D eigenvalue weighted by Gasteiger charge is 2.55. The summed E-state index contributed by atoms with van der Waals surface area (Å²) in [7, 11) is 1.51. The number of carbonyl (C=O) groups excluding carboxylic acids is 1. The zero-order valence-electron chi connectivity index (χ0n) is 21.5. The Morgan fingerprint density at radius 3 is 2.39 bits per heavy atom. The quantitative estimate of drug-likeness (QED) is 0.664. The molecule has 0 fully saturated rings. The number of benzene rings is 1. The van der Waals surface area contributed by atoms with E-state index in [9.17, 15) is 20.6 Å². The van der Waals surface area contributed by atoms with Crippen LogP contribution in [0.15, 0.2) is 41.1 Å². The van der Waals surface area contributed by atoms with Gasteiger partial charge in [-0.25, -0.2) is 4.79 Å². The summed E-state index contributed by atoms with van der Waals surface area (Å²) in [4.78, 5) is 14.4. The molecule has 9 heteroatoms. The summed E-state index contributed by atoms with van der Waals surface area (Å²) < 4.78 is 16.9. The normalized spacial score (nSPS) is 20.9. The van der Waals surface area contributed by atoms with Crippen molar-refractivity contribution in [2.45, 2.75) is 52.2 Å². The number of nitrogens with two attached hydrogens (primary N) is 1. The van der Waals surface area contributed by atoms with E-state index in [1.165, 1.54) is 12.0 Å². The number of rotatable bonds is 4. The van der Waals surface area contributed by atoms with Gasteiger partial charge in [0.15, 0.2) is 16.9 Å². The van der Waals surface area contributed by atoms with E-state index in [4.69, 9.17) is 19.9 Å². The first-order valence-electron chi connectivity index (χ1n) is 11.7. The van der Waals surface area contributed by atoms with Crippen molar-refractivity contribution in [1.29, 1.82) is 15.8 Å². The minimum atomic E-state index is -1.84. The maximum Gasteiger partial charge on any atom is 0.410 e. The van der Waals surface area contributed by atoms with Crippen molar-refractivity contribution in [3.63, 3.8) is 0 Å². The lowest BCUT2D eigenvalue weighted by Crippen LogP contribution is -2.50. The number of carbonyl (C=O) groups is 1. The average Bonchev–Trinajstić information content (AvgIpc) is 2.82. The number of hydrogen-bond acceptors (Lipinski definition) is 8. The second-order valence-corrected chi connectivity index (χ2v) is 10.1. The van der Waals surface area contributed by atoms with E-state index in [-0.39, 0.29) is 30.5 Å². The Labute approximate surface area is 211 Å². The van der Waals surface area contributed by atoms with Crippen molar-refractivity contribution in [2.75, 3.05) is 20.2 Å². The predicted molar refractivity (Wildman–Crippen MR) is 131 cm³/mol. The standard InChI is InChI=1S/C27H31N5O4/c1-16(2)35-21-8-7-17(11-22(21)34-6)23-20-13-32(25(33)36-26(3,4)5)10-9-18(20)19(12-28)24(31)27(23,14-29)15-30/h7-9,11,16,20,23H,10,13,31H2,1-6H3. The topological polar surface area (TPSA) is 145 Å². The molecule has 0 bridgehead atoms. The van der Waals surface area contributed by atoms with E-state index in [0.29, 0.717) is 22.6 Å². The van der Waals surface area contributed by atoms with Gasteiger partial charge in [0.2, 0.25) is 0 Å². The molecule has 1 aliphatic carbocycles. The van der Waals surface area contributed by atoms with Crippen molar-refractivity contribution in [2.24, 2.45) is 17.1 Å². The smallest absolute Gasteiger partial charge is 0.410 e. The maximum atomic E-state index is 12.9. The van der Waals surface area contributed by atoms with Crippen LogP contribution in [0.4, 0.5) is 4.79 Å². The molecular weight excluding hydrogens is 458 g/mol. The number of allylic oxidation sites excluding steroid dienone is 2. The molecule has 36 heavy (non-hydrogen) atoms. The number of ether oxygens (including phenoxy) is 3. The minimum absolute atomic E-state index is 0.0882. The van der Waals surface area contributed by atoms with Crippen LogP contribution in [-0.4, -0.2) is 42.9 Å². The Morgan fingerprint density at radius 1 is 1.19 bits per heavy atom. The molecule has 0 saturated carbocycles. The molecule has 2 atom stereocenters.